The van der Waals surface area contributed by atoms with Gasteiger partial charge in [-0.2, -0.15) is 0 Å². The van der Waals surface area contributed by atoms with Gasteiger partial charge in [-0.25, -0.2) is 0 Å². The van der Waals surface area contributed by atoms with Gasteiger partial charge in [0.1, 0.15) is 0 Å². The molecule has 0 aliphatic heterocycles. The van der Waals surface area contributed by atoms with Crippen LogP contribution in [-0.4, -0.2) is 43.3 Å². The van der Waals surface area contributed by atoms with Crippen LogP contribution in [0.3, 0.4) is 0 Å². The molecule has 2 N–H and O–H groups in total. The first-order chi connectivity index (χ1) is 7.76. The van der Waals surface area contributed by atoms with Crippen LogP contribution in [0.1, 0.15) is 46.0 Å². The molecule has 3 heteroatoms. The molecule has 0 aromatic rings. The van der Waals surface area contributed by atoms with Crippen LogP contribution in [0.15, 0.2) is 0 Å². The van der Waals surface area contributed by atoms with Crippen molar-refractivity contribution in [1.82, 2.24) is 4.90 Å². The van der Waals surface area contributed by atoms with E-state index in [1.54, 1.807) is 0 Å². The fourth-order valence-corrected chi connectivity index (χ4v) is 2.53. The molecule has 1 aliphatic rings. The molecule has 1 aliphatic carbocycles. The Morgan fingerprint density at radius 2 is 1.75 bits per heavy atom. The predicted molar refractivity (Wildman–Crippen MR) is 68.6 cm³/mol. The van der Waals surface area contributed by atoms with E-state index in [9.17, 15) is 0 Å². The maximum atomic E-state index is 6.09. The van der Waals surface area contributed by atoms with Crippen molar-refractivity contribution in [3.8, 4) is 0 Å². The Balaban J connectivity index is 2.27. The average Bonchev–Trinajstić information content (AvgIpc) is 2.36. The van der Waals surface area contributed by atoms with Crippen LogP contribution in [-0.2, 0) is 4.74 Å². The smallest absolute Gasteiger partial charge is 0.0804 e. The van der Waals surface area contributed by atoms with Crippen molar-refractivity contribution in [3.05, 3.63) is 0 Å². The molecule has 0 aromatic carbocycles. The van der Waals surface area contributed by atoms with E-state index in [-0.39, 0.29) is 5.60 Å². The fourth-order valence-electron chi connectivity index (χ4n) is 2.53. The zero-order valence-corrected chi connectivity index (χ0v) is 11.0. The molecule has 0 heterocycles. The lowest BCUT2D eigenvalue weighted by atomic mass is 9.85. The van der Waals surface area contributed by atoms with Crippen molar-refractivity contribution in [1.29, 1.82) is 0 Å². The fraction of sp³-hybridized carbons (Fsp3) is 1.00. The predicted octanol–water partition coefficient (Wildman–Crippen LogP) is 2.01. The second kappa shape index (κ2) is 7.25. The minimum atomic E-state index is 0.00536. The SMILES string of the molecule is CCN(CC)CCOC1(CN)CCCCC1. The summed E-state index contributed by atoms with van der Waals surface area (Å²) < 4.78 is 6.09. The first-order valence-corrected chi connectivity index (χ1v) is 6.82. The lowest BCUT2D eigenvalue weighted by Gasteiger charge is -2.36. The number of likely N-dealkylation sites (N-methyl/N-ethyl adjacent to an activating group) is 1. The molecule has 0 radical (unpaired) electrons. The van der Waals surface area contributed by atoms with Crippen LogP contribution in [0.4, 0.5) is 0 Å². The molecule has 1 rings (SSSR count). The maximum absolute atomic E-state index is 6.09. The summed E-state index contributed by atoms with van der Waals surface area (Å²) in [6.07, 6.45) is 6.22. The minimum Gasteiger partial charge on any atom is -0.372 e. The molecular weight excluding hydrogens is 200 g/mol. The summed E-state index contributed by atoms with van der Waals surface area (Å²) in [5, 5.41) is 0. The highest BCUT2D eigenvalue weighted by Gasteiger charge is 2.31. The molecule has 0 bridgehead atoms. The van der Waals surface area contributed by atoms with Crippen LogP contribution in [0.25, 0.3) is 0 Å². The first-order valence-electron chi connectivity index (χ1n) is 6.82. The van der Waals surface area contributed by atoms with Crippen LogP contribution in [0, 0.1) is 0 Å². The molecule has 0 amide bonds. The summed E-state index contributed by atoms with van der Waals surface area (Å²) in [7, 11) is 0. The van der Waals surface area contributed by atoms with Gasteiger partial charge in [0, 0.05) is 13.1 Å². The summed E-state index contributed by atoms with van der Waals surface area (Å²) in [6.45, 7) is 9.16. The van der Waals surface area contributed by atoms with Crippen molar-refractivity contribution < 1.29 is 4.74 Å². The Morgan fingerprint density at radius 3 is 2.25 bits per heavy atom. The summed E-state index contributed by atoms with van der Waals surface area (Å²) in [4.78, 5) is 2.40. The highest BCUT2D eigenvalue weighted by molar-refractivity contribution is 4.85. The number of ether oxygens (including phenoxy) is 1. The van der Waals surface area contributed by atoms with Gasteiger partial charge in [-0.05, 0) is 25.9 Å². The standard InChI is InChI=1S/C13H28N2O/c1-3-15(4-2)10-11-16-13(12-14)8-6-5-7-9-13/h3-12,14H2,1-2H3. The number of hydrogen-bond donors (Lipinski definition) is 1. The van der Waals surface area contributed by atoms with Crippen molar-refractivity contribution >= 4 is 0 Å². The van der Waals surface area contributed by atoms with E-state index in [4.69, 9.17) is 10.5 Å². The topological polar surface area (TPSA) is 38.5 Å². The van der Waals surface area contributed by atoms with E-state index in [0.29, 0.717) is 6.54 Å². The van der Waals surface area contributed by atoms with E-state index in [0.717, 1.165) is 39.1 Å². The first kappa shape index (κ1) is 13.9. The molecule has 0 spiro atoms. The second-order valence-corrected chi connectivity index (χ2v) is 4.82. The van der Waals surface area contributed by atoms with Gasteiger partial charge in [-0.1, -0.05) is 33.1 Å². The highest BCUT2D eigenvalue weighted by atomic mass is 16.5. The van der Waals surface area contributed by atoms with Gasteiger partial charge in [-0.3, -0.25) is 0 Å². The van der Waals surface area contributed by atoms with Gasteiger partial charge in [0.15, 0.2) is 0 Å². The summed E-state index contributed by atoms with van der Waals surface area (Å²) in [6, 6.07) is 0. The van der Waals surface area contributed by atoms with Crippen molar-refractivity contribution in [2.75, 3.05) is 32.8 Å². The lowest BCUT2D eigenvalue weighted by molar-refractivity contribution is -0.0684. The molecule has 0 atom stereocenters. The van der Waals surface area contributed by atoms with Gasteiger partial charge in [0.2, 0.25) is 0 Å². The third kappa shape index (κ3) is 4.04. The van der Waals surface area contributed by atoms with E-state index in [1.165, 1.54) is 19.3 Å². The van der Waals surface area contributed by atoms with Crippen LogP contribution in [0.2, 0.25) is 0 Å². The molecule has 0 unspecified atom stereocenters. The van der Waals surface area contributed by atoms with Crippen molar-refractivity contribution in [2.24, 2.45) is 5.73 Å². The maximum Gasteiger partial charge on any atom is 0.0804 e. The molecule has 1 saturated carbocycles. The molecule has 1 fully saturated rings. The second-order valence-electron chi connectivity index (χ2n) is 4.82. The van der Waals surface area contributed by atoms with Crippen LogP contribution in [0.5, 0.6) is 0 Å². The van der Waals surface area contributed by atoms with Crippen molar-refractivity contribution in [3.63, 3.8) is 0 Å². The van der Waals surface area contributed by atoms with Gasteiger partial charge in [-0.15, -0.1) is 0 Å². The Hall–Kier alpha value is -0.120. The number of nitrogens with zero attached hydrogens (tertiary/aromatic N) is 1. The van der Waals surface area contributed by atoms with Crippen LogP contribution >= 0.6 is 0 Å². The Kier molecular flexibility index (Phi) is 6.32. The van der Waals surface area contributed by atoms with Gasteiger partial charge in [0.25, 0.3) is 0 Å². The lowest BCUT2D eigenvalue weighted by Crippen LogP contribution is -2.44. The quantitative estimate of drug-likeness (QED) is 0.724. The normalized spacial score (nSPS) is 20.2. The van der Waals surface area contributed by atoms with Gasteiger partial charge < -0.3 is 15.4 Å². The zero-order chi connectivity index (χ0) is 11.9. The van der Waals surface area contributed by atoms with E-state index >= 15 is 0 Å². The molecule has 3 nitrogen and oxygen atoms in total. The molecule has 0 saturated heterocycles. The Bertz CT molecular complexity index is 175. The Labute approximate surface area is 100 Å². The van der Waals surface area contributed by atoms with Crippen molar-refractivity contribution in [2.45, 2.75) is 51.6 Å². The van der Waals surface area contributed by atoms with Gasteiger partial charge in [0.05, 0.1) is 12.2 Å². The van der Waals surface area contributed by atoms with Gasteiger partial charge >= 0.3 is 0 Å². The molecule has 16 heavy (non-hydrogen) atoms. The molecule has 0 aromatic heterocycles. The summed E-state index contributed by atoms with van der Waals surface area (Å²) in [5.41, 5.74) is 5.89. The zero-order valence-electron chi connectivity index (χ0n) is 11.0. The van der Waals surface area contributed by atoms with E-state index in [1.807, 2.05) is 0 Å². The molecule has 96 valence electrons. The average molecular weight is 228 g/mol. The van der Waals surface area contributed by atoms with E-state index < -0.39 is 0 Å². The van der Waals surface area contributed by atoms with Crippen LogP contribution < -0.4 is 5.73 Å². The monoisotopic (exact) mass is 228 g/mol. The third-order valence-electron chi connectivity index (χ3n) is 3.85. The van der Waals surface area contributed by atoms with E-state index in [2.05, 4.69) is 18.7 Å². The Morgan fingerprint density at radius 1 is 1.12 bits per heavy atom. The third-order valence-corrected chi connectivity index (χ3v) is 3.85. The largest absolute Gasteiger partial charge is 0.372 e. The number of hydrogen-bond acceptors (Lipinski definition) is 3. The number of nitrogens with two attached hydrogens (primary N) is 1. The number of rotatable bonds is 7. The summed E-state index contributed by atoms with van der Waals surface area (Å²) >= 11 is 0. The highest BCUT2D eigenvalue weighted by Crippen LogP contribution is 2.30. The molecular formula is C13H28N2O. The summed E-state index contributed by atoms with van der Waals surface area (Å²) in [5.74, 6) is 0. The minimum absolute atomic E-state index is 0.00536.